The number of aromatic amines is 1. The van der Waals surface area contributed by atoms with Gasteiger partial charge in [-0.3, -0.25) is 9.59 Å². The average molecular weight is 379 g/mol. The van der Waals surface area contributed by atoms with E-state index in [0.29, 0.717) is 26.1 Å². The van der Waals surface area contributed by atoms with Crippen molar-refractivity contribution in [2.75, 3.05) is 0 Å². The van der Waals surface area contributed by atoms with Gasteiger partial charge in [0, 0.05) is 20.6 Å². The Morgan fingerprint density at radius 2 is 1.67 bits per heavy atom. The van der Waals surface area contributed by atoms with Crippen LogP contribution in [0.5, 0.6) is 0 Å². The molecular formula is C18H10Cl3NO2. The molecule has 120 valence electrons. The lowest BCUT2D eigenvalue weighted by molar-refractivity contribution is 0.104. The zero-order valence-electron chi connectivity index (χ0n) is 12.1. The van der Waals surface area contributed by atoms with Crippen molar-refractivity contribution in [2.45, 2.75) is 0 Å². The molecule has 3 rings (SSSR count). The zero-order valence-corrected chi connectivity index (χ0v) is 14.4. The summed E-state index contributed by atoms with van der Waals surface area (Å²) in [6.07, 6.45) is 2.86. The number of H-pyrrole nitrogens is 1. The molecule has 1 aromatic heterocycles. The van der Waals surface area contributed by atoms with Gasteiger partial charge in [0.05, 0.1) is 5.56 Å². The van der Waals surface area contributed by atoms with Crippen LogP contribution >= 0.6 is 34.8 Å². The standard InChI is InChI=1S/C18H10Cl3NO2/c19-12-4-1-10(15(21)8-12)3-6-17(23)14-7-11-2-5-13(20)9-16(11)22-18(14)24/h1-9H,(H,22,24)/b6-3-. The van der Waals surface area contributed by atoms with Crippen molar-refractivity contribution in [3.8, 4) is 0 Å². The summed E-state index contributed by atoms with van der Waals surface area (Å²) in [7, 11) is 0. The van der Waals surface area contributed by atoms with Gasteiger partial charge in [0.2, 0.25) is 0 Å². The van der Waals surface area contributed by atoms with Gasteiger partial charge < -0.3 is 4.98 Å². The minimum absolute atomic E-state index is 0.0474. The Hall–Kier alpha value is -2.07. The first-order chi connectivity index (χ1) is 11.4. The van der Waals surface area contributed by atoms with E-state index < -0.39 is 11.3 Å². The maximum Gasteiger partial charge on any atom is 0.259 e. The molecule has 0 bridgehead atoms. The van der Waals surface area contributed by atoms with Crippen LogP contribution in [0.4, 0.5) is 0 Å². The van der Waals surface area contributed by atoms with Gasteiger partial charge in [-0.15, -0.1) is 0 Å². The molecule has 24 heavy (non-hydrogen) atoms. The molecule has 1 N–H and O–H groups in total. The molecule has 0 aliphatic heterocycles. The first-order valence-corrected chi connectivity index (χ1v) is 8.07. The number of benzene rings is 2. The van der Waals surface area contributed by atoms with Crippen molar-refractivity contribution < 1.29 is 4.79 Å². The third kappa shape index (κ3) is 3.54. The number of nitrogens with one attached hydrogen (secondary N) is 1. The summed E-state index contributed by atoms with van der Waals surface area (Å²) >= 11 is 17.8. The van der Waals surface area contributed by atoms with E-state index in [1.807, 2.05) is 0 Å². The number of allylic oxidation sites excluding steroid dienone is 1. The molecule has 2 aromatic carbocycles. The van der Waals surface area contributed by atoms with Crippen LogP contribution in [0.3, 0.4) is 0 Å². The Morgan fingerprint density at radius 3 is 2.42 bits per heavy atom. The summed E-state index contributed by atoms with van der Waals surface area (Å²) in [6, 6.07) is 11.6. The normalized spacial score (nSPS) is 11.3. The maximum atomic E-state index is 12.3. The molecule has 0 unspecified atom stereocenters. The second kappa shape index (κ2) is 6.81. The van der Waals surface area contributed by atoms with Gasteiger partial charge >= 0.3 is 0 Å². The Bertz CT molecular complexity index is 1040. The van der Waals surface area contributed by atoms with Gasteiger partial charge in [0.25, 0.3) is 5.56 Å². The van der Waals surface area contributed by atoms with Gasteiger partial charge in [-0.2, -0.15) is 0 Å². The third-order valence-corrected chi connectivity index (χ3v) is 4.25. The van der Waals surface area contributed by atoms with E-state index in [-0.39, 0.29) is 5.56 Å². The summed E-state index contributed by atoms with van der Waals surface area (Å²) in [6.45, 7) is 0. The summed E-state index contributed by atoms with van der Waals surface area (Å²) < 4.78 is 0. The highest BCUT2D eigenvalue weighted by molar-refractivity contribution is 6.35. The maximum absolute atomic E-state index is 12.3. The van der Waals surface area contributed by atoms with Crippen LogP contribution in [0.25, 0.3) is 17.0 Å². The average Bonchev–Trinajstić information content (AvgIpc) is 2.53. The molecule has 0 aliphatic carbocycles. The van der Waals surface area contributed by atoms with Crippen LogP contribution in [0.2, 0.25) is 15.1 Å². The molecule has 0 atom stereocenters. The fourth-order valence-electron chi connectivity index (χ4n) is 2.25. The number of pyridine rings is 1. The van der Waals surface area contributed by atoms with Crippen molar-refractivity contribution in [2.24, 2.45) is 0 Å². The number of hydrogen-bond donors (Lipinski definition) is 1. The van der Waals surface area contributed by atoms with E-state index in [1.165, 1.54) is 6.08 Å². The predicted octanol–water partition coefficient (Wildman–Crippen LogP) is 5.38. The highest BCUT2D eigenvalue weighted by Gasteiger charge is 2.10. The summed E-state index contributed by atoms with van der Waals surface area (Å²) in [5.41, 5.74) is 0.792. The van der Waals surface area contributed by atoms with E-state index in [9.17, 15) is 9.59 Å². The zero-order chi connectivity index (χ0) is 17.3. The van der Waals surface area contributed by atoms with Crippen molar-refractivity contribution in [1.29, 1.82) is 0 Å². The van der Waals surface area contributed by atoms with Crippen molar-refractivity contribution in [3.63, 3.8) is 0 Å². The molecular weight excluding hydrogens is 369 g/mol. The second-order valence-corrected chi connectivity index (χ2v) is 6.39. The Balaban J connectivity index is 1.96. The molecule has 0 radical (unpaired) electrons. The van der Waals surface area contributed by atoms with Crippen LogP contribution in [0, 0.1) is 0 Å². The molecule has 1 heterocycles. The van der Waals surface area contributed by atoms with Crippen LogP contribution in [-0.4, -0.2) is 10.8 Å². The number of rotatable bonds is 3. The van der Waals surface area contributed by atoms with E-state index in [4.69, 9.17) is 34.8 Å². The first-order valence-electron chi connectivity index (χ1n) is 6.94. The third-order valence-electron chi connectivity index (χ3n) is 3.45. The topological polar surface area (TPSA) is 49.9 Å². The van der Waals surface area contributed by atoms with Crippen LogP contribution < -0.4 is 5.56 Å². The fourth-order valence-corrected chi connectivity index (χ4v) is 2.89. The SMILES string of the molecule is O=C(/C=C\c1ccc(Cl)cc1Cl)c1cc2ccc(Cl)cc2[nH]c1=O. The quantitative estimate of drug-likeness (QED) is 0.491. The number of hydrogen-bond acceptors (Lipinski definition) is 2. The molecule has 0 spiro atoms. The number of fused-ring (bicyclic) bond motifs is 1. The molecule has 6 heteroatoms. The van der Waals surface area contributed by atoms with Gasteiger partial charge in [0.15, 0.2) is 5.78 Å². The molecule has 3 aromatic rings. The van der Waals surface area contributed by atoms with Crippen LogP contribution in [0.15, 0.2) is 53.3 Å². The lowest BCUT2D eigenvalue weighted by Gasteiger charge is -2.02. The fraction of sp³-hybridized carbons (Fsp3) is 0. The van der Waals surface area contributed by atoms with Crippen molar-refractivity contribution >= 4 is 57.6 Å². The highest BCUT2D eigenvalue weighted by Crippen LogP contribution is 2.22. The van der Waals surface area contributed by atoms with Gasteiger partial charge in [-0.25, -0.2) is 0 Å². The van der Waals surface area contributed by atoms with Crippen molar-refractivity contribution in [3.05, 3.63) is 85.1 Å². The van der Waals surface area contributed by atoms with E-state index in [1.54, 1.807) is 48.5 Å². The van der Waals surface area contributed by atoms with Crippen LogP contribution in [0.1, 0.15) is 15.9 Å². The van der Waals surface area contributed by atoms with E-state index in [0.717, 1.165) is 5.39 Å². The smallest absolute Gasteiger partial charge is 0.259 e. The lowest BCUT2D eigenvalue weighted by Crippen LogP contribution is -2.16. The Labute approximate surface area is 152 Å². The summed E-state index contributed by atoms with van der Waals surface area (Å²) in [4.78, 5) is 27.1. The largest absolute Gasteiger partial charge is 0.321 e. The van der Waals surface area contributed by atoms with Gasteiger partial charge in [-0.05, 0) is 53.4 Å². The number of carbonyl (C=O) groups is 1. The number of aromatic nitrogens is 1. The predicted molar refractivity (Wildman–Crippen MR) is 99.4 cm³/mol. The van der Waals surface area contributed by atoms with Gasteiger partial charge in [-0.1, -0.05) is 46.9 Å². The van der Waals surface area contributed by atoms with Crippen molar-refractivity contribution in [1.82, 2.24) is 4.98 Å². The molecule has 3 nitrogen and oxygen atoms in total. The lowest BCUT2D eigenvalue weighted by atomic mass is 10.1. The second-order valence-electron chi connectivity index (χ2n) is 5.11. The first kappa shape index (κ1) is 16.8. The van der Waals surface area contributed by atoms with E-state index >= 15 is 0 Å². The summed E-state index contributed by atoms with van der Waals surface area (Å²) in [5.74, 6) is -0.417. The molecule has 0 fully saturated rings. The minimum atomic E-state index is -0.471. The van der Waals surface area contributed by atoms with E-state index in [2.05, 4.69) is 4.98 Å². The molecule has 0 amide bonds. The number of ketones is 1. The Kier molecular flexibility index (Phi) is 4.76. The van der Waals surface area contributed by atoms with Crippen LogP contribution in [-0.2, 0) is 0 Å². The summed E-state index contributed by atoms with van der Waals surface area (Å²) in [5, 5.41) is 2.16. The molecule has 0 saturated heterocycles. The number of halogens is 3. The number of carbonyl (C=O) groups excluding carboxylic acids is 1. The highest BCUT2D eigenvalue weighted by atomic mass is 35.5. The minimum Gasteiger partial charge on any atom is -0.321 e. The van der Waals surface area contributed by atoms with Gasteiger partial charge in [0.1, 0.15) is 0 Å². The molecule has 0 aliphatic rings. The molecule has 0 saturated carbocycles. The monoisotopic (exact) mass is 377 g/mol. The Morgan fingerprint density at radius 1 is 0.958 bits per heavy atom.